The molecule has 9 nitrogen and oxygen atoms in total. The summed E-state index contributed by atoms with van der Waals surface area (Å²) >= 11 is 0. The fourth-order valence-electron chi connectivity index (χ4n) is 4.96. The fraction of sp³-hybridized carbons (Fsp3) is 0.423. The molecule has 3 atom stereocenters. The van der Waals surface area contributed by atoms with Gasteiger partial charge in [-0.2, -0.15) is 0 Å². The monoisotopic (exact) mass is 478 g/mol. The van der Waals surface area contributed by atoms with Crippen molar-refractivity contribution in [1.82, 2.24) is 15.1 Å². The van der Waals surface area contributed by atoms with Crippen molar-refractivity contribution in [3.8, 4) is 5.75 Å². The number of nitrogens with one attached hydrogen (secondary N) is 1. The lowest BCUT2D eigenvalue weighted by Gasteiger charge is -2.38. The van der Waals surface area contributed by atoms with Crippen molar-refractivity contribution in [2.75, 3.05) is 13.2 Å². The highest BCUT2D eigenvalue weighted by molar-refractivity contribution is 6.05. The molecule has 0 aliphatic carbocycles. The molecule has 0 saturated carbocycles. The zero-order valence-electron chi connectivity index (χ0n) is 19.7. The van der Waals surface area contributed by atoms with Crippen LogP contribution in [-0.4, -0.2) is 59.0 Å². The number of benzene rings is 2. The number of rotatable bonds is 6. The molecule has 2 fully saturated rings. The van der Waals surface area contributed by atoms with Crippen molar-refractivity contribution >= 4 is 17.7 Å². The zero-order valence-corrected chi connectivity index (χ0v) is 19.7. The minimum Gasteiger partial charge on any atom is -0.489 e. The van der Waals surface area contributed by atoms with Gasteiger partial charge >= 0.3 is 0 Å². The van der Waals surface area contributed by atoms with E-state index in [1.165, 1.54) is 10.5 Å². The van der Waals surface area contributed by atoms with Gasteiger partial charge < -0.3 is 20.1 Å². The number of imide groups is 1. The summed E-state index contributed by atoms with van der Waals surface area (Å²) < 4.78 is 11.6. The smallest absolute Gasteiger partial charge is 0.255 e. The maximum atomic E-state index is 13.0. The Morgan fingerprint density at radius 3 is 2.60 bits per heavy atom. The highest BCUT2D eigenvalue weighted by Crippen LogP contribution is 2.34. The predicted octanol–water partition coefficient (Wildman–Crippen LogP) is 1.53. The Morgan fingerprint density at radius 2 is 1.86 bits per heavy atom. The van der Waals surface area contributed by atoms with Crippen LogP contribution in [0.15, 0.2) is 42.5 Å². The number of nitrogens with zero attached hydrogens (tertiary/aromatic N) is 2. The molecule has 2 aromatic carbocycles. The number of piperidine rings is 1. The van der Waals surface area contributed by atoms with Crippen molar-refractivity contribution in [2.45, 2.75) is 57.7 Å². The van der Waals surface area contributed by atoms with Gasteiger partial charge in [0.15, 0.2) is 0 Å². The van der Waals surface area contributed by atoms with E-state index in [9.17, 15) is 14.4 Å². The number of fused-ring (bicyclic) bond motifs is 1. The Morgan fingerprint density at radius 1 is 1.09 bits per heavy atom. The van der Waals surface area contributed by atoms with Gasteiger partial charge in [0.25, 0.3) is 5.91 Å². The third-order valence-electron chi connectivity index (χ3n) is 6.96. The normalized spacial score (nSPS) is 24.9. The van der Waals surface area contributed by atoms with E-state index < -0.39 is 11.9 Å². The van der Waals surface area contributed by atoms with Crippen LogP contribution in [0.3, 0.4) is 0 Å². The summed E-state index contributed by atoms with van der Waals surface area (Å²) in [6, 6.07) is 13.2. The molecular weight excluding hydrogens is 448 g/mol. The lowest BCUT2D eigenvalue weighted by molar-refractivity contribution is -0.136. The van der Waals surface area contributed by atoms with E-state index in [-0.39, 0.29) is 37.0 Å². The molecule has 3 N–H and O–H groups in total. The number of amides is 3. The third kappa shape index (κ3) is 4.80. The minimum atomic E-state index is -0.643. The first-order valence-corrected chi connectivity index (χ1v) is 12.0. The number of carbonyl (C=O) groups excluding carboxylic acids is 3. The summed E-state index contributed by atoms with van der Waals surface area (Å²) in [5, 5.41) is 2.33. The molecule has 1 unspecified atom stereocenters. The Bertz CT molecular complexity index is 1130. The van der Waals surface area contributed by atoms with Crippen LogP contribution in [0.4, 0.5) is 0 Å². The van der Waals surface area contributed by atoms with Gasteiger partial charge in [-0.1, -0.05) is 30.3 Å². The molecule has 184 valence electrons. The van der Waals surface area contributed by atoms with Gasteiger partial charge in [0.1, 0.15) is 18.4 Å². The summed E-state index contributed by atoms with van der Waals surface area (Å²) in [6.07, 6.45) is 0.456. The second-order valence-corrected chi connectivity index (χ2v) is 9.41. The first-order chi connectivity index (χ1) is 16.9. The molecule has 2 saturated heterocycles. The van der Waals surface area contributed by atoms with Crippen molar-refractivity contribution < 1.29 is 23.9 Å². The molecule has 0 radical (unpaired) electrons. The van der Waals surface area contributed by atoms with Crippen LogP contribution in [0.25, 0.3) is 0 Å². The fourth-order valence-corrected chi connectivity index (χ4v) is 4.96. The number of hydrogen-bond acceptors (Lipinski definition) is 7. The number of ether oxygens (including phenoxy) is 2. The average Bonchev–Trinajstić information content (AvgIpc) is 3.18. The van der Waals surface area contributed by atoms with Gasteiger partial charge in [-0.3, -0.25) is 24.6 Å². The molecule has 3 aliphatic heterocycles. The molecule has 3 heterocycles. The molecule has 0 spiro atoms. The highest BCUT2D eigenvalue weighted by Gasteiger charge is 2.40. The molecule has 2 aromatic rings. The Kier molecular flexibility index (Phi) is 6.55. The molecule has 0 bridgehead atoms. The lowest BCUT2D eigenvalue weighted by atomic mass is 10.0. The van der Waals surface area contributed by atoms with Crippen LogP contribution in [0.2, 0.25) is 0 Å². The average molecular weight is 479 g/mol. The van der Waals surface area contributed by atoms with Crippen molar-refractivity contribution in [2.24, 2.45) is 5.73 Å². The molecule has 0 aromatic heterocycles. The van der Waals surface area contributed by atoms with Gasteiger partial charge in [0.05, 0.1) is 25.9 Å². The number of carbonyl (C=O) groups is 3. The van der Waals surface area contributed by atoms with E-state index in [4.69, 9.17) is 15.2 Å². The maximum Gasteiger partial charge on any atom is 0.255 e. The summed E-state index contributed by atoms with van der Waals surface area (Å²) in [5.74, 6) is -0.298. The number of hydrogen-bond donors (Lipinski definition) is 2. The van der Waals surface area contributed by atoms with Crippen LogP contribution in [0, 0.1) is 0 Å². The second-order valence-electron chi connectivity index (χ2n) is 9.41. The Labute approximate surface area is 204 Å². The van der Waals surface area contributed by atoms with Crippen LogP contribution >= 0.6 is 0 Å². The Balaban J connectivity index is 1.23. The number of nitrogens with two attached hydrogens (primary N) is 1. The van der Waals surface area contributed by atoms with E-state index in [1.807, 2.05) is 18.2 Å². The highest BCUT2D eigenvalue weighted by atomic mass is 16.5. The molecular formula is C26H30N4O5. The van der Waals surface area contributed by atoms with E-state index in [0.29, 0.717) is 37.6 Å². The maximum absolute atomic E-state index is 13.0. The van der Waals surface area contributed by atoms with Gasteiger partial charge in [0.2, 0.25) is 11.8 Å². The first-order valence-electron chi connectivity index (χ1n) is 12.0. The second kappa shape index (κ2) is 9.77. The SMILES string of the molecule is C[C@@H]1COC[C@H](N)N1Cc1ccc(COc2cccc3c2CN(C2CCC(=O)NC2=O)C3=O)cc1. The van der Waals surface area contributed by atoms with Crippen molar-refractivity contribution in [3.05, 3.63) is 64.7 Å². The van der Waals surface area contributed by atoms with Gasteiger partial charge in [-0.15, -0.1) is 0 Å². The van der Waals surface area contributed by atoms with Gasteiger partial charge in [-0.25, -0.2) is 0 Å². The van der Waals surface area contributed by atoms with Crippen LogP contribution in [-0.2, 0) is 34.0 Å². The van der Waals surface area contributed by atoms with E-state index >= 15 is 0 Å². The molecule has 3 amide bonds. The van der Waals surface area contributed by atoms with Crippen LogP contribution in [0.5, 0.6) is 5.75 Å². The largest absolute Gasteiger partial charge is 0.489 e. The number of morpholine rings is 1. The molecule has 9 heteroatoms. The minimum absolute atomic E-state index is 0.107. The van der Waals surface area contributed by atoms with Crippen LogP contribution < -0.4 is 15.8 Å². The van der Waals surface area contributed by atoms with Gasteiger partial charge in [-0.05, 0) is 36.6 Å². The van der Waals surface area contributed by atoms with Crippen molar-refractivity contribution in [3.63, 3.8) is 0 Å². The summed E-state index contributed by atoms with van der Waals surface area (Å²) in [6.45, 7) is 4.75. The van der Waals surface area contributed by atoms with E-state index in [0.717, 1.165) is 17.7 Å². The quantitative estimate of drug-likeness (QED) is 0.605. The van der Waals surface area contributed by atoms with Gasteiger partial charge in [0, 0.05) is 30.1 Å². The Hall–Kier alpha value is -3.27. The topological polar surface area (TPSA) is 114 Å². The summed E-state index contributed by atoms with van der Waals surface area (Å²) in [5.41, 5.74) is 9.70. The summed E-state index contributed by atoms with van der Waals surface area (Å²) in [4.78, 5) is 40.5. The van der Waals surface area contributed by atoms with Crippen molar-refractivity contribution in [1.29, 1.82) is 0 Å². The van der Waals surface area contributed by atoms with Crippen LogP contribution in [0.1, 0.15) is 46.8 Å². The molecule has 35 heavy (non-hydrogen) atoms. The molecule has 3 aliphatic rings. The van der Waals surface area contributed by atoms with E-state index in [1.54, 1.807) is 12.1 Å². The summed E-state index contributed by atoms with van der Waals surface area (Å²) in [7, 11) is 0. The van der Waals surface area contributed by atoms with E-state index in [2.05, 4.69) is 29.3 Å². The predicted molar refractivity (Wildman–Crippen MR) is 127 cm³/mol. The first kappa shape index (κ1) is 23.5. The lowest BCUT2D eigenvalue weighted by Crippen LogP contribution is -2.54. The zero-order chi connectivity index (χ0) is 24.5. The third-order valence-corrected chi connectivity index (χ3v) is 6.96. The molecule has 5 rings (SSSR count). The standard InChI is InChI=1S/C26H30N4O5/c1-16-13-34-15-23(27)29(16)11-17-5-7-18(8-6-17)14-35-22-4-2-3-19-20(22)12-30(26(19)33)21-9-10-24(31)28-25(21)32/h2-8,16,21,23H,9-15,27H2,1H3,(H,28,31,32)/t16-,21?,23-/m1/s1.